The van der Waals surface area contributed by atoms with Crippen LogP contribution in [0.3, 0.4) is 0 Å². The van der Waals surface area contributed by atoms with E-state index >= 15 is 0 Å². The molecule has 1 N–H and O–H groups in total. The molecule has 1 aromatic rings. The Morgan fingerprint density at radius 3 is 2.93 bits per heavy atom. The fourth-order valence-corrected chi connectivity index (χ4v) is 6.45. The number of carbonyl (C=O) groups is 2. The highest BCUT2D eigenvalue weighted by molar-refractivity contribution is 8.01. The zero-order chi connectivity index (χ0) is 18.8. The second kappa shape index (κ2) is 8.26. The van der Waals surface area contributed by atoms with E-state index in [2.05, 4.69) is 35.7 Å². The van der Waals surface area contributed by atoms with E-state index < -0.39 is 6.04 Å². The smallest absolute Gasteiger partial charge is 0.243 e. The lowest BCUT2D eigenvalue weighted by Crippen LogP contribution is -2.51. The lowest BCUT2D eigenvalue weighted by atomic mass is 9.81. The molecule has 0 aromatic heterocycles. The van der Waals surface area contributed by atoms with E-state index in [0.29, 0.717) is 29.8 Å². The molecule has 2 heterocycles. The molecule has 27 heavy (non-hydrogen) atoms. The molecule has 4 rings (SSSR count). The third-order valence-electron chi connectivity index (χ3n) is 5.71. The van der Waals surface area contributed by atoms with Crippen molar-refractivity contribution >= 4 is 35.2 Å². The van der Waals surface area contributed by atoms with Gasteiger partial charge in [-0.2, -0.15) is 5.26 Å². The van der Waals surface area contributed by atoms with Crippen LogP contribution in [0.25, 0.3) is 0 Å². The molecule has 1 aliphatic carbocycles. The quantitative estimate of drug-likeness (QED) is 0.834. The van der Waals surface area contributed by atoms with Crippen LogP contribution in [0, 0.1) is 17.2 Å². The Bertz CT molecular complexity index is 779. The number of nitrogens with one attached hydrogen (secondary N) is 1. The highest BCUT2D eigenvalue weighted by Crippen LogP contribution is 2.32. The molecule has 2 fully saturated rings. The summed E-state index contributed by atoms with van der Waals surface area (Å²) in [7, 11) is 0. The summed E-state index contributed by atoms with van der Waals surface area (Å²) in [5.41, 5.74) is 2.76. The first-order valence-electron chi connectivity index (χ1n) is 9.39. The molecule has 2 saturated heterocycles. The van der Waals surface area contributed by atoms with Crippen LogP contribution in [0.4, 0.5) is 0 Å². The SMILES string of the molecule is N#C[C@@H]1CSCN1C(=O)[C@H]1NCSC1C(=O)C[C@@H]1CCc2ccccc2C1. The fourth-order valence-electron chi connectivity index (χ4n) is 4.22. The van der Waals surface area contributed by atoms with Crippen molar-refractivity contribution in [1.29, 1.82) is 5.26 Å². The van der Waals surface area contributed by atoms with Gasteiger partial charge in [-0.1, -0.05) is 24.3 Å². The minimum atomic E-state index is -0.493. The predicted octanol–water partition coefficient (Wildman–Crippen LogP) is 2.21. The first-order valence-corrected chi connectivity index (χ1v) is 11.6. The van der Waals surface area contributed by atoms with E-state index in [1.807, 2.05) is 0 Å². The van der Waals surface area contributed by atoms with Crippen molar-refractivity contribution in [1.82, 2.24) is 10.2 Å². The van der Waals surface area contributed by atoms with Crippen LogP contribution in [0.1, 0.15) is 24.0 Å². The van der Waals surface area contributed by atoms with Crippen LogP contribution in [-0.4, -0.2) is 51.4 Å². The number of carbonyl (C=O) groups excluding carboxylic acids is 2. The highest BCUT2D eigenvalue weighted by atomic mass is 32.2. The Morgan fingerprint density at radius 1 is 1.30 bits per heavy atom. The molecule has 3 aliphatic rings. The van der Waals surface area contributed by atoms with Gasteiger partial charge in [0.15, 0.2) is 0 Å². The molecule has 1 aromatic carbocycles. The summed E-state index contributed by atoms with van der Waals surface area (Å²) in [6.45, 7) is 0. The molecule has 142 valence electrons. The Kier molecular flexibility index (Phi) is 5.76. The van der Waals surface area contributed by atoms with Crippen LogP contribution in [0.15, 0.2) is 24.3 Å². The third kappa shape index (κ3) is 3.89. The van der Waals surface area contributed by atoms with Crippen molar-refractivity contribution in [2.45, 2.75) is 43.0 Å². The van der Waals surface area contributed by atoms with Crippen LogP contribution in [-0.2, 0) is 22.4 Å². The van der Waals surface area contributed by atoms with Crippen molar-refractivity contribution in [3.8, 4) is 6.07 Å². The number of aryl methyl sites for hydroxylation is 1. The van der Waals surface area contributed by atoms with Crippen LogP contribution in [0.5, 0.6) is 0 Å². The molecule has 0 spiro atoms. The molecule has 7 heteroatoms. The van der Waals surface area contributed by atoms with Gasteiger partial charge >= 0.3 is 0 Å². The average Bonchev–Trinajstić information content (AvgIpc) is 3.36. The van der Waals surface area contributed by atoms with E-state index in [9.17, 15) is 14.9 Å². The third-order valence-corrected chi connectivity index (χ3v) is 7.95. The molecular formula is C20H23N3O2S2. The second-order valence-electron chi connectivity index (χ2n) is 7.41. The van der Waals surface area contributed by atoms with Crippen LogP contribution in [0.2, 0.25) is 0 Å². The van der Waals surface area contributed by atoms with E-state index in [4.69, 9.17) is 0 Å². The Hall–Kier alpha value is -1.49. The number of rotatable bonds is 4. The number of amides is 1. The zero-order valence-corrected chi connectivity index (χ0v) is 16.7. The highest BCUT2D eigenvalue weighted by Gasteiger charge is 2.43. The Balaban J connectivity index is 1.40. The molecule has 2 aliphatic heterocycles. The summed E-state index contributed by atoms with van der Waals surface area (Å²) in [6, 6.07) is 9.82. The first-order chi connectivity index (χ1) is 13.2. The normalized spacial score (nSPS) is 30.0. The molecule has 0 radical (unpaired) electrons. The number of Topliss-reactive ketones (excluding diaryl/α,β-unsaturated/α-hetero) is 1. The largest absolute Gasteiger partial charge is 0.315 e. The minimum Gasteiger partial charge on any atom is -0.315 e. The number of ketones is 1. The van der Waals surface area contributed by atoms with Gasteiger partial charge in [0.2, 0.25) is 5.91 Å². The average molecular weight is 402 g/mol. The maximum Gasteiger partial charge on any atom is 0.243 e. The molecule has 4 atom stereocenters. The lowest BCUT2D eigenvalue weighted by Gasteiger charge is -2.27. The summed E-state index contributed by atoms with van der Waals surface area (Å²) < 4.78 is 0. The first kappa shape index (κ1) is 18.9. The van der Waals surface area contributed by atoms with Crippen molar-refractivity contribution in [2.24, 2.45) is 5.92 Å². The monoisotopic (exact) mass is 401 g/mol. The molecule has 5 nitrogen and oxygen atoms in total. The van der Waals surface area contributed by atoms with Gasteiger partial charge in [0.25, 0.3) is 0 Å². The number of hydrogen-bond acceptors (Lipinski definition) is 6. The molecule has 1 amide bonds. The molecule has 0 saturated carbocycles. The van der Waals surface area contributed by atoms with Gasteiger partial charge in [-0.25, -0.2) is 0 Å². The van der Waals surface area contributed by atoms with Crippen LogP contribution >= 0.6 is 23.5 Å². The Morgan fingerprint density at radius 2 is 2.11 bits per heavy atom. The summed E-state index contributed by atoms with van der Waals surface area (Å²) >= 11 is 3.13. The van der Waals surface area contributed by atoms with E-state index in [1.54, 1.807) is 16.7 Å². The maximum atomic E-state index is 13.0. The van der Waals surface area contributed by atoms with E-state index in [-0.39, 0.29) is 23.0 Å². The summed E-state index contributed by atoms with van der Waals surface area (Å²) in [4.78, 5) is 27.6. The van der Waals surface area contributed by atoms with E-state index in [0.717, 1.165) is 19.3 Å². The standard InChI is InChI=1S/C20H23N3O2S2/c21-9-16-10-26-12-23(16)20(25)18-19(27-11-22-18)17(24)8-13-5-6-14-3-1-2-4-15(14)7-13/h1-4,13,16,18-19,22H,5-8,10-12H2/t13-,16-,18+,19?/m1/s1. The van der Waals surface area contributed by atoms with Crippen molar-refractivity contribution in [3.05, 3.63) is 35.4 Å². The van der Waals surface area contributed by atoms with Gasteiger partial charge in [0, 0.05) is 18.1 Å². The van der Waals surface area contributed by atoms with Crippen molar-refractivity contribution in [3.63, 3.8) is 0 Å². The minimum absolute atomic E-state index is 0.0936. The van der Waals surface area contributed by atoms with Gasteiger partial charge in [-0.15, -0.1) is 23.5 Å². The van der Waals surface area contributed by atoms with E-state index in [1.165, 1.54) is 22.9 Å². The zero-order valence-electron chi connectivity index (χ0n) is 15.1. The number of benzene rings is 1. The van der Waals surface area contributed by atoms with Gasteiger partial charge in [-0.05, 0) is 36.3 Å². The van der Waals surface area contributed by atoms with Gasteiger partial charge in [0.05, 0.1) is 17.2 Å². The summed E-state index contributed by atoms with van der Waals surface area (Å²) in [5, 5.41) is 12.1. The molecule has 0 bridgehead atoms. The summed E-state index contributed by atoms with van der Waals surface area (Å²) in [5.74, 6) is 2.25. The van der Waals surface area contributed by atoms with Gasteiger partial charge in [-0.3, -0.25) is 14.9 Å². The Labute approximate surface area is 168 Å². The topological polar surface area (TPSA) is 73.2 Å². The van der Waals surface area contributed by atoms with Gasteiger partial charge in [0.1, 0.15) is 17.9 Å². The lowest BCUT2D eigenvalue weighted by molar-refractivity contribution is -0.134. The number of hydrogen-bond donors (Lipinski definition) is 1. The number of thioether (sulfide) groups is 2. The second-order valence-corrected chi connectivity index (χ2v) is 9.54. The molecular weight excluding hydrogens is 378 g/mol. The van der Waals surface area contributed by atoms with Crippen molar-refractivity contribution < 1.29 is 9.59 Å². The number of nitriles is 1. The molecule has 1 unspecified atom stereocenters. The fraction of sp³-hybridized carbons (Fsp3) is 0.550. The number of nitrogens with zero attached hydrogens (tertiary/aromatic N) is 2. The number of fused-ring (bicyclic) bond motifs is 1. The predicted molar refractivity (Wildman–Crippen MR) is 108 cm³/mol. The van der Waals surface area contributed by atoms with Gasteiger partial charge < -0.3 is 4.90 Å². The van der Waals surface area contributed by atoms with Crippen LogP contribution < -0.4 is 5.32 Å². The summed E-state index contributed by atoms with van der Waals surface area (Å²) in [6.07, 6.45) is 3.55. The van der Waals surface area contributed by atoms with Crippen molar-refractivity contribution in [2.75, 3.05) is 17.5 Å². The maximum absolute atomic E-state index is 13.0.